The van der Waals surface area contributed by atoms with Crippen molar-refractivity contribution in [3.05, 3.63) is 35.1 Å². The summed E-state index contributed by atoms with van der Waals surface area (Å²) >= 11 is 0. The lowest BCUT2D eigenvalue weighted by Gasteiger charge is -2.14. The zero-order chi connectivity index (χ0) is 13.9. The third kappa shape index (κ3) is 1.66. The molecule has 2 rings (SSSR count). The van der Waals surface area contributed by atoms with Crippen LogP contribution in [0.3, 0.4) is 0 Å². The van der Waals surface area contributed by atoms with E-state index >= 15 is 0 Å². The molecular weight excluding hydrogens is 241 g/mol. The van der Waals surface area contributed by atoms with Crippen LogP contribution in [0.4, 0.5) is 13.2 Å². The summed E-state index contributed by atoms with van der Waals surface area (Å²) in [5.74, 6) is -3.45. The van der Waals surface area contributed by atoms with Crippen molar-refractivity contribution in [2.45, 2.75) is 33.8 Å². The Hall–Kier alpha value is -1.03. The molecule has 1 aliphatic rings. The Morgan fingerprint density at radius 2 is 1.39 bits per heavy atom. The molecular formula is C14H17F3O. The van der Waals surface area contributed by atoms with E-state index in [-0.39, 0.29) is 22.3 Å². The van der Waals surface area contributed by atoms with Crippen LogP contribution in [0.25, 0.3) is 0 Å². The highest BCUT2D eigenvalue weighted by Gasteiger charge is 2.67. The molecule has 1 N–H and O–H groups in total. The lowest BCUT2D eigenvalue weighted by Crippen LogP contribution is -2.09. The Labute approximate surface area is 105 Å². The molecule has 0 aromatic heterocycles. The maximum absolute atomic E-state index is 13.6. The van der Waals surface area contributed by atoms with Gasteiger partial charge in [-0.05, 0) is 16.9 Å². The highest BCUT2D eigenvalue weighted by molar-refractivity contribution is 5.28. The number of rotatable bonds is 2. The first-order valence-corrected chi connectivity index (χ1v) is 5.93. The molecule has 0 saturated heterocycles. The van der Waals surface area contributed by atoms with Crippen molar-refractivity contribution in [1.82, 2.24) is 0 Å². The van der Waals surface area contributed by atoms with Gasteiger partial charge in [-0.3, -0.25) is 0 Å². The van der Waals surface area contributed by atoms with E-state index in [1.165, 1.54) is 0 Å². The summed E-state index contributed by atoms with van der Waals surface area (Å²) in [6.07, 6.45) is -1.12. The standard InChI is InChI=1S/C14H17F3O/c1-13(2)12(14(13,3)4)11(18)7-5-9(16)10(17)6-8(7)15/h5-6,11-12,18H,1-4H3. The Morgan fingerprint density at radius 1 is 0.944 bits per heavy atom. The van der Waals surface area contributed by atoms with Gasteiger partial charge >= 0.3 is 0 Å². The second-order valence-electron chi connectivity index (χ2n) is 6.15. The van der Waals surface area contributed by atoms with Crippen LogP contribution in [-0.4, -0.2) is 5.11 Å². The van der Waals surface area contributed by atoms with Crippen LogP contribution < -0.4 is 0 Å². The molecule has 4 heteroatoms. The van der Waals surface area contributed by atoms with Crippen molar-refractivity contribution in [2.75, 3.05) is 0 Å². The van der Waals surface area contributed by atoms with Crippen LogP contribution in [0.1, 0.15) is 39.4 Å². The van der Waals surface area contributed by atoms with Crippen molar-refractivity contribution in [1.29, 1.82) is 0 Å². The molecule has 0 spiro atoms. The fourth-order valence-electron chi connectivity index (χ4n) is 2.98. The number of hydrogen-bond acceptors (Lipinski definition) is 1. The van der Waals surface area contributed by atoms with Gasteiger partial charge < -0.3 is 5.11 Å². The molecule has 1 aromatic carbocycles. The summed E-state index contributed by atoms with van der Waals surface area (Å²) < 4.78 is 39.6. The highest BCUT2D eigenvalue weighted by Crippen LogP contribution is 2.72. The predicted octanol–water partition coefficient (Wildman–Crippen LogP) is 3.82. The summed E-state index contributed by atoms with van der Waals surface area (Å²) in [7, 11) is 0. The van der Waals surface area contributed by atoms with Gasteiger partial charge in [-0.25, -0.2) is 13.2 Å². The van der Waals surface area contributed by atoms with E-state index < -0.39 is 23.6 Å². The van der Waals surface area contributed by atoms with Crippen molar-refractivity contribution in [3.8, 4) is 0 Å². The molecule has 0 radical (unpaired) electrons. The lowest BCUT2D eigenvalue weighted by atomic mass is 9.99. The average Bonchev–Trinajstić information content (AvgIpc) is 2.62. The number of aliphatic hydroxyl groups excluding tert-OH is 1. The molecule has 1 atom stereocenters. The van der Waals surface area contributed by atoms with Gasteiger partial charge in [-0.15, -0.1) is 0 Å². The van der Waals surface area contributed by atoms with Crippen molar-refractivity contribution < 1.29 is 18.3 Å². The molecule has 1 aromatic rings. The van der Waals surface area contributed by atoms with Gasteiger partial charge in [0.15, 0.2) is 11.6 Å². The lowest BCUT2D eigenvalue weighted by molar-refractivity contribution is 0.126. The number of benzene rings is 1. The Morgan fingerprint density at radius 3 is 1.83 bits per heavy atom. The van der Waals surface area contributed by atoms with Crippen LogP contribution in [-0.2, 0) is 0 Å². The Bertz CT molecular complexity index is 480. The largest absolute Gasteiger partial charge is 0.388 e. The van der Waals surface area contributed by atoms with E-state index in [9.17, 15) is 18.3 Å². The molecule has 100 valence electrons. The second kappa shape index (κ2) is 3.73. The maximum atomic E-state index is 13.6. The molecule has 0 heterocycles. The van der Waals surface area contributed by atoms with Gasteiger partial charge in [0.1, 0.15) is 5.82 Å². The van der Waals surface area contributed by atoms with E-state index in [4.69, 9.17) is 0 Å². The van der Waals surface area contributed by atoms with E-state index in [2.05, 4.69) is 0 Å². The van der Waals surface area contributed by atoms with Gasteiger partial charge in [-0.2, -0.15) is 0 Å². The maximum Gasteiger partial charge on any atom is 0.161 e. The van der Waals surface area contributed by atoms with Crippen LogP contribution >= 0.6 is 0 Å². The zero-order valence-electron chi connectivity index (χ0n) is 10.9. The number of aliphatic hydroxyl groups is 1. The van der Waals surface area contributed by atoms with Gasteiger partial charge in [0.2, 0.25) is 0 Å². The topological polar surface area (TPSA) is 20.2 Å². The Kier molecular flexibility index (Phi) is 2.78. The quantitative estimate of drug-likeness (QED) is 0.799. The minimum Gasteiger partial charge on any atom is -0.388 e. The predicted molar refractivity (Wildman–Crippen MR) is 62.3 cm³/mol. The SMILES string of the molecule is CC1(C)C(C(O)c2cc(F)c(F)cc2F)C1(C)C. The first kappa shape index (κ1) is 13.4. The molecule has 1 unspecified atom stereocenters. The van der Waals surface area contributed by atoms with Crippen LogP contribution in [0, 0.1) is 34.2 Å². The fourth-order valence-corrected chi connectivity index (χ4v) is 2.98. The summed E-state index contributed by atoms with van der Waals surface area (Å²) in [4.78, 5) is 0. The molecule has 1 nitrogen and oxygen atoms in total. The third-order valence-corrected chi connectivity index (χ3v) is 4.81. The average molecular weight is 258 g/mol. The van der Waals surface area contributed by atoms with Crippen LogP contribution in [0.2, 0.25) is 0 Å². The fraction of sp³-hybridized carbons (Fsp3) is 0.571. The smallest absolute Gasteiger partial charge is 0.161 e. The summed E-state index contributed by atoms with van der Waals surface area (Å²) in [6, 6.07) is 1.23. The molecule has 0 aliphatic heterocycles. The third-order valence-electron chi connectivity index (χ3n) is 4.81. The van der Waals surface area contributed by atoms with E-state index in [0.717, 1.165) is 6.07 Å². The summed E-state index contributed by atoms with van der Waals surface area (Å²) in [5, 5.41) is 10.2. The van der Waals surface area contributed by atoms with Crippen LogP contribution in [0.5, 0.6) is 0 Å². The summed E-state index contributed by atoms with van der Waals surface area (Å²) in [6.45, 7) is 7.88. The first-order valence-electron chi connectivity index (χ1n) is 5.93. The first-order chi connectivity index (χ1) is 8.10. The van der Waals surface area contributed by atoms with Crippen LogP contribution in [0.15, 0.2) is 12.1 Å². The van der Waals surface area contributed by atoms with Gasteiger partial charge in [0.05, 0.1) is 6.10 Å². The molecule has 1 saturated carbocycles. The van der Waals surface area contributed by atoms with Gasteiger partial charge in [0, 0.05) is 17.5 Å². The number of hydrogen-bond donors (Lipinski definition) is 1. The normalized spacial score (nSPS) is 22.9. The molecule has 1 aliphatic carbocycles. The number of halogens is 3. The van der Waals surface area contributed by atoms with Crippen molar-refractivity contribution >= 4 is 0 Å². The van der Waals surface area contributed by atoms with Gasteiger partial charge in [-0.1, -0.05) is 27.7 Å². The monoisotopic (exact) mass is 258 g/mol. The summed E-state index contributed by atoms with van der Waals surface area (Å²) in [5.41, 5.74) is -0.495. The molecule has 0 bridgehead atoms. The van der Waals surface area contributed by atoms with Gasteiger partial charge in [0.25, 0.3) is 0 Å². The highest BCUT2D eigenvalue weighted by atomic mass is 19.2. The van der Waals surface area contributed by atoms with E-state index in [0.29, 0.717) is 6.07 Å². The minimum atomic E-state index is -1.24. The van der Waals surface area contributed by atoms with Crippen molar-refractivity contribution in [3.63, 3.8) is 0 Å². The Balaban J connectivity index is 2.37. The molecule has 1 fully saturated rings. The minimum absolute atomic E-state index is 0.163. The molecule has 0 amide bonds. The van der Waals surface area contributed by atoms with E-state index in [1.807, 2.05) is 27.7 Å². The molecule has 18 heavy (non-hydrogen) atoms. The van der Waals surface area contributed by atoms with Crippen molar-refractivity contribution in [2.24, 2.45) is 16.7 Å². The van der Waals surface area contributed by atoms with E-state index in [1.54, 1.807) is 0 Å². The second-order valence-corrected chi connectivity index (χ2v) is 6.15. The zero-order valence-corrected chi connectivity index (χ0v) is 10.9.